The molecule has 4 bridgehead atoms. The number of allylic oxidation sites excluding steroid dienone is 4. The van der Waals surface area contributed by atoms with Gasteiger partial charge in [-0.3, -0.25) is 0 Å². The van der Waals surface area contributed by atoms with Gasteiger partial charge in [0.15, 0.2) is 24.8 Å². The Morgan fingerprint density at radius 2 is 0.690 bits per heavy atom. The zero-order chi connectivity index (χ0) is 29.2. The molecular weight excluding hydrogens is 508 g/mol. The third-order valence-corrected chi connectivity index (χ3v) is 8.92. The minimum atomic E-state index is 1.17. The number of fused-ring (bicyclic) bond motifs is 4. The number of hydrogen-bond acceptors (Lipinski definition) is 0. The lowest BCUT2D eigenvalue weighted by Gasteiger charge is -2.03. The first-order valence-corrected chi connectivity index (χ1v) is 18.2. The summed E-state index contributed by atoms with van der Waals surface area (Å²) < 4.78 is 4.85. The number of rotatable bonds is 0. The van der Waals surface area contributed by atoms with Gasteiger partial charge in [-0.2, -0.15) is 0 Å². The van der Waals surface area contributed by atoms with Crippen LogP contribution in [-0.4, -0.2) is 0 Å². The quantitative estimate of drug-likeness (QED) is 0.219. The number of nitrogens with zero attached hydrogens (tertiary/aromatic N) is 2. The molecule has 2 aromatic heterocycles. The first-order chi connectivity index (χ1) is 20.9. The number of hydrogen-bond donors (Lipinski definition) is 0. The molecule has 0 saturated heterocycles. The molecule has 2 heteroatoms. The van der Waals surface area contributed by atoms with E-state index in [0.29, 0.717) is 0 Å². The van der Waals surface area contributed by atoms with Crippen molar-refractivity contribution in [3.05, 3.63) is 84.5 Å². The van der Waals surface area contributed by atoms with E-state index in [1.54, 1.807) is 0 Å². The maximum atomic E-state index is 2.44. The molecule has 0 fully saturated rings. The molecule has 0 saturated carbocycles. The lowest BCUT2D eigenvalue weighted by atomic mass is 10.0. The van der Waals surface area contributed by atoms with Gasteiger partial charge in [0.1, 0.15) is 13.1 Å². The summed E-state index contributed by atoms with van der Waals surface area (Å²) in [4.78, 5) is 0. The van der Waals surface area contributed by atoms with Crippen LogP contribution in [0.2, 0.25) is 0 Å². The normalized spacial score (nSPS) is 21.1. The van der Waals surface area contributed by atoms with E-state index in [1.165, 1.54) is 178 Å². The number of aromatic nitrogens is 2. The van der Waals surface area contributed by atoms with Crippen LogP contribution in [0.25, 0.3) is 0 Å². The molecule has 1 aliphatic heterocycles. The molecule has 0 N–H and O–H groups in total. The standard InChI is InChI=1S/C40H64N2/c1-2-5-9-13-17-21-25-33-41-35-28-32-40(38-41)30-24-20-16-12-8-4-6-10-14-18-22-26-34-42-36-27-31-39(37-42)29-23-19-15-11-7-3-1/h2,4-6,27-28,31-32,35-38H,1,3,7-26,29-30,33-34H2/q+2/b5-2-,6-4-. The van der Waals surface area contributed by atoms with Crippen molar-refractivity contribution in [2.24, 2.45) is 0 Å². The Morgan fingerprint density at radius 3 is 1.10 bits per heavy atom. The first kappa shape index (κ1) is 34.3. The molecule has 0 unspecified atom stereocenters. The fourth-order valence-electron chi connectivity index (χ4n) is 6.26. The van der Waals surface area contributed by atoms with Gasteiger partial charge in [-0.25, -0.2) is 9.13 Å². The Bertz CT molecular complexity index is 975. The van der Waals surface area contributed by atoms with Crippen molar-refractivity contribution < 1.29 is 9.13 Å². The van der Waals surface area contributed by atoms with Gasteiger partial charge in [-0.15, -0.1) is 0 Å². The predicted molar refractivity (Wildman–Crippen MR) is 181 cm³/mol. The van der Waals surface area contributed by atoms with Gasteiger partial charge in [0.25, 0.3) is 0 Å². The largest absolute Gasteiger partial charge is 0.205 e. The molecule has 0 aliphatic carbocycles. The Balaban J connectivity index is 1.34. The Hall–Kier alpha value is -2.22. The highest BCUT2D eigenvalue weighted by molar-refractivity contribution is 5.06. The van der Waals surface area contributed by atoms with Crippen LogP contribution in [0.15, 0.2) is 73.4 Å². The summed E-state index contributed by atoms with van der Waals surface area (Å²) in [5, 5.41) is 0. The Labute approximate surface area is 260 Å². The topological polar surface area (TPSA) is 7.76 Å². The summed E-state index contributed by atoms with van der Waals surface area (Å²) in [6, 6.07) is 9.14. The van der Waals surface area contributed by atoms with Crippen LogP contribution in [-0.2, 0) is 25.9 Å². The van der Waals surface area contributed by atoms with Crippen LogP contribution < -0.4 is 9.13 Å². The summed E-state index contributed by atoms with van der Waals surface area (Å²) in [5.74, 6) is 0. The minimum Gasteiger partial charge on any atom is -0.205 e. The zero-order valence-corrected chi connectivity index (χ0v) is 27.2. The lowest BCUT2D eigenvalue weighted by Crippen LogP contribution is -2.33. The Morgan fingerprint density at radius 1 is 0.357 bits per heavy atom. The monoisotopic (exact) mass is 573 g/mol. The predicted octanol–water partition coefficient (Wildman–Crippen LogP) is 10.8. The molecule has 0 spiro atoms. The molecular formula is C40H64N2+2. The van der Waals surface area contributed by atoms with Gasteiger partial charge in [0.05, 0.1) is 0 Å². The van der Waals surface area contributed by atoms with E-state index in [0.717, 1.165) is 0 Å². The molecule has 2 nitrogen and oxygen atoms in total. The molecule has 3 rings (SSSR count). The van der Waals surface area contributed by atoms with E-state index in [9.17, 15) is 0 Å². The van der Waals surface area contributed by atoms with E-state index in [2.05, 4.69) is 82.5 Å². The Kier molecular flexibility index (Phi) is 19.8. The minimum absolute atomic E-state index is 1.17. The van der Waals surface area contributed by atoms with Crippen molar-refractivity contribution in [3.8, 4) is 0 Å². The lowest BCUT2D eigenvalue weighted by molar-refractivity contribution is -0.697. The van der Waals surface area contributed by atoms with Gasteiger partial charge in [0.2, 0.25) is 0 Å². The fraction of sp³-hybridized carbons (Fsp3) is 0.650. The molecule has 1 aliphatic rings. The smallest absolute Gasteiger partial charge is 0.171 e. The highest BCUT2D eigenvalue weighted by Crippen LogP contribution is 2.12. The SMILES string of the molecule is C1=C\CCCCCC[n+]2cccc(c2)CCCCCC/C=C\CCCCCC[n+]2cccc(c2)CCCCCCCC/1. The highest BCUT2D eigenvalue weighted by Gasteiger charge is 2.05. The van der Waals surface area contributed by atoms with Gasteiger partial charge in [-0.1, -0.05) is 75.7 Å². The van der Waals surface area contributed by atoms with Gasteiger partial charge >= 0.3 is 0 Å². The van der Waals surface area contributed by atoms with Gasteiger partial charge in [0, 0.05) is 36.1 Å². The van der Waals surface area contributed by atoms with Crippen molar-refractivity contribution in [2.75, 3.05) is 0 Å². The van der Waals surface area contributed by atoms with Crippen molar-refractivity contribution >= 4 is 0 Å². The first-order valence-electron chi connectivity index (χ1n) is 18.2. The van der Waals surface area contributed by atoms with Crippen LogP contribution in [0.4, 0.5) is 0 Å². The van der Waals surface area contributed by atoms with Crippen molar-refractivity contribution in [2.45, 2.75) is 167 Å². The van der Waals surface area contributed by atoms with Crippen molar-refractivity contribution in [1.29, 1.82) is 0 Å². The van der Waals surface area contributed by atoms with Crippen LogP contribution in [0, 0.1) is 0 Å². The van der Waals surface area contributed by atoms with Crippen LogP contribution in [0.3, 0.4) is 0 Å². The second-order valence-corrected chi connectivity index (χ2v) is 12.9. The molecule has 232 valence electrons. The van der Waals surface area contributed by atoms with E-state index in [1.807, 2.05) is 0 Å². The van der Waals surface area contributed by atoms with Crippen LogP contribution >= 0.6 is 0 Å². The van der Waals surface area contributed by atoms with Gasteiger partial charge in [-0.05, 0) is 102 Å². The van der Waals surface area contributed by atoms with Crippen LogP contribution in [0.1, 0.15) is 152 Å². The molecule has 2 aromatic rings. The maximum absolute atomic E-state index is 2.44. The van der Waals surface area contributed by atoms with E-state index >= 15 is 0 Å². The molecule has 0 amide bonds. The number of pyridine rings is 2. The average molecular weight is 573 g/mol. The molecule has 0 aromatic carbocycles. The summed E-state index contributed by atoms with van der Waals surface area (Å²) >= 11 is 0. The summed E-state index contributed by atoms with van der Waals surface area (Å²) in [7, 11) is 0. The molecule has 3 heterocycles. The second-order valence-electron chi connectivity index (χ2n) is 12.9. The third-order valence-electron chi connectivity index (χ3n) is 8.92. The molecule has 0 radical (unpaired) electrons. The average Bonchev–Trinajstić information content (AvgIpc) is 3.01. The zero-order valence-electron chi connectivity index (χ0n) is 27.2. The highest BCUT2D eigenvalue weighted by atomic mass is 14.9. The summed E-state index contributed by atoms with van der Waals surface area (Å²) in [5.41, 5.74) is 3.03. The van der Waals surface area contributed by atoms with Crippen LogP contribution in [0.5, 0.6) is 0 Å². The number of aryl methyl sites for hydroxylation is 4. The van der Waals surface area contributed by atoms with E-state index in [4.69, 9.17) is 0 Å². The molecule has 42 heavy (non-hydrogen) atoms. The third kappa shape index (κ3) is 17.7. The van der Waals surface area contributed by atoms with E-state index in [-0.39, 0.29) is 0 Å². The van der Waals surface area contributed by atoms with Gasteiger partial charge < -0.3 is 0 Å². The molecule has 0 atom stereocenters. The second kappa shape index (κ2) is 24.2. The fourth-order valence-corrected chi connectivity index (χ4v) is 6.26. The van der Waals surface area contributed by atoms with Crippen molar-refractivity contribution in [3.63, 3.8) is 0 Å². The summed E-state index contributed by atoms with van der Waals surface area (Å²) in [6.07, 6.45) is 51.0. The van der Waals surface area contributed by atoms with Crippen molar-refractivity contribution in [1.82, 2.24) is 0 Å². The maximum Gasteiger partial charge on any atom is 0.171 e. The summed E-state index contributed by atoms with van der Waals surface area (Å²) in [6.45, 7) is 2.34. The van der Waals surface area contributed by atoms with E-state index < -0.39 is 0 Å².